The predicted octanol–water partition coefficient (Wildman–Crippen LogP) is 1.15. The fraction of sp³-hybridized carbons (Fsp3) is 0.417. The van der Waals surface area contributed by atoms with Gasteiger partial charge in [0, 0.05) is 19.4 Å². The van der Waals surface area contributed by atoms with Crippen molar-refractivity contribution in [1.29, 1.82) is 0 Å². The highest BCUT2D eigenvalue weighted by Crippen LogP contribution is 2.12. The average Bonchev–Trinajstić information content (AvgIpc) is 2.89. The second-order valence-electron chi connectivity index (χ2n) is 3.95. The summed E-state index contributed by atoms with van der Waals surface area (Å²) < 4.78 is 8.66. The van der Waals surface area contributed by atoms with Gasteiger partial charge in [0.2, 0.25) is 0 Å². The number of esters is 1. The Morgan fingerprint density at radius 3 is 2.89 bits per heavy atom. The Kier molecular flexibility index (Phi) is 3.45. The summed E-state index contributed by atoms with van der Waals surface area (Å²) in [6.07, 6.45) is 5.15. The van der Waals surface area contributed by atoms with Crippen molar-refractivity contribution in [3.05, 3.63) is 35.7 Å². The highest BCUT2D eigenvalue weighted by atomic mass is 16.5. The number of rotatable bonds is 4. The molecule has 0 unspecified atom stereocenters. The van der Waals surface area contributed by atoms with Crippen LogP contribution in [0.5, 0.6) is 0 Å². The number of carbonyl (C=O) groups excluding carboxylic acids is 1. The monoisotopic (exact) mass is 248 g/mol. The second kappa shape index (κ2) is 5.03. The highest BCUT2D eigenvalue weighted by Gasteiger charge is 2.17. The minimum absolute atomic E-state index is 0.335. The van der Waals surface area contributed by atoms with Gasteiger partial charge in [-0.1, -0.05) is 0 Å². The second-order valence-corrected chi connectivity index (χ2v) is 3.95. The summed E-state index contributed by atoms with van der Waals surface area (Å²) in [4.78, 5) is 15.9. The first-order valence-electron chi connectivity index (χ1n) is 5.79. The third kappa shape index (κ3) is 2.27. The predicted molar refractivity (Wildman–Crippen MR) is 65.2 cm³/mol. The number of nitrogens with zero attached hydrogens (tertiary/aromatic N) is 4. The van der Waals surface area contributed by atoms with E-state index in [1.807, 2.05) is 24.7 Å². The molecule has 0 fully saturated rings. The summed E-state index contributed by atoms with van der Waals surface area (Å²) >= 11 is 0. The Labute approximate surface area is 105 Å². The molecule has 96 valence electrons. The molecule has 0 saturated carbocycles. The molecule has 0 aliphatic heterocycles. The quantitative estimate of drug-likeness (QED) is 0.761. The van der Waals surface area contributed by atoms with Gasteiger partial charge in [-0.15, -0.1) is 0 Å². The number of aryl methyl sites for hydroxylation is 2. The molecule has 2 aromatic rings. The summed E-state index contributed by atoms with van der Waals surface area (Å²) in [6.45, 7) is 4.61. The van der Waals surface area contributed by atoms with Gasteiger partial charge in [0.1, 0.15) is 11.4 Å². The molecule has 0 radical (unpaired) electrons. The fourth-order valence-corrected chi connectivity index (χ4v) is 1.76. The van der Waals surface area contributed by atoms with E-state index in [9.17, 15) is 4.79 Å². The van der Waals surface area contributed by atoms with Crippen molar-refractivity contribution in [2.24, 2.45) is 7.05 Å². The SMILES string of the molecule is CCOC(=O)c1cnn(C)c1Cn1ccnc1C. The first-order chi connectivity index (χ1) is 8.63. The van der Waals surface area contributed by atoms with Crippen molar-refractivity contribution in [3.8, 4) is 0 Å². The number of hydrogen-bond acceptors (Lipinski definition) is 4. The summed E-state index contributed by atoms with van der Waals surface area (Å²) in [6, 6.07) is 0. The van der Waals surface area contributed by atoms with Gasteiger partial charge in [-0.3, -0.25) is 4.68 Å². The van der Waals surface area contributed by atoms with Gasteiger partial charge in [-0.2, -0.15) is 5.10 Å². The van der Waals surface area contributed by atoms with Crippen molar-refractivity contribution >= 4 is 5.97 Å². The maximum Gasteiger partial charge on any atom is 0.341 e. The Morgan fingerprint density at radius 2 is 2.28 bits per heavy atom. The lowest BCUT2D eigenvalue weighted by atomic mass is 10.2. The maximum absolute atomic E-state index is 11.8. The molecule has 0 aliphatic rings. The van der Waals surface area contributed by atoms with Crippen molar-refractivity contribution in [2.45, 2.75) is 20.4 Å². The summed E-state index contributed by atoms with van der Waals surface area (Å²) in [5.41, 5.74) is 1.32. The number of imidazole rings is 1. The fourth-order valence-electron chi connectivity index (χ4n) is 1.76. The number of aromatic nitrogens is 4. The van der Waals surface area contributed by atoms with Crippen molar-refractivity contribution in [1.82, 2.24) is 19.3 Å². The molecule has 0 saturated heterocycles. The Hall–Kier alpha value is -2.11. The highest BCUT2D eigenvalue weighted by molar-refractivity contribution is 5.90. The lowest BCUT2D eigenvalue weighted by Gasteiger charge is -2.08. The minimum atomic E-state index is -0.335. The lowest BCUT2D eigenvalue weighted by molar-refractivity contribution is 0.0524. The van der Waals surface area contributed by atoms with Crippen LogP contribution in [-0.4, -0.2) is 31.9 Å². The smallest absolute Gasteiger partial charge is 0.341 e. The number of ether oxygens (including phenoxy) is 1. The largest absolute Gasteiger partial charge is 0.462 e. The zero-order chi connectivity index (χ0) is 13.1. The van der Waals surface area contributed by atoms with Crippen LogP contribution in [-0.2, 0) is 18.3 Å². The molecule has 0 atom stereocenters. The topological polar surface area (TPSA) is 61.9 Å². The Morgan fingerprint density at radius 1 is 1.50 bits per heavy atom. The molecular formula is C12H16N4O2. The Balaban J connectivity index is 2.30. The van der Waals surface area contributed by atoms with Crippen LogP contribution in [0.25, 0.3) is 0 Å². The third-order valence-corrected chi connectivity index (χ3v) is 2.80. The van der Waals surface area contributed by atoms with Crippen LogP contribution in [0.1, 0.15) is 28.8 Å². The molecule has 0 aliphatic carbocycles. The molecule has 2 aromatic heterocycles. The van der Waals surface area contributed by atoms with Crippen LogP contribution < -0.4 is 0 Å². The van der Waals surface area contributed by atoms with E-state index >= 15 is 0 Å². The molecule has 2 heterocycles. The lowest BCUT2D eigenvalue weighted by Crippen LogP contribution is -2.12. The zero-order valence-corrected chi connectivity index (χ0v) is 10.8. The standard InChI is InChI=1S/C12H16N4O2/c1-4-18-12(17)10-7-14-15(3)11(10)8-16-6-5-13-9(16)2/h5-7H,4,8H2,1-3H3. The normalized spacial score (nSPS) is 10.6. The molecular weight excluding hydrogens is 232 g/mol. The van der Waals surface area contributed by atoms with E-state index in [1.54, 1.807) is 24.0 Å². The van der Waals surface area contributed by atoms with E-state index < -0.39 is 0 Å². The van der Waals surface area contributed by atoms with Gasteiger partial charge in [0.25, 0.3) is 0 Å². The Bertz CT molecular complexity index is 556. The zero-order valence-electron chi connectivity index (χ0n) is 10.8. The molecule has 0 N–H and O–H groups in total. The minimum Gasteiger partial charge on any atom is -0.462 e. The first kappa shape index (κ1) is 12.3. The molecule has 0 bridgehead atoms. The van der Waals surface area contributed by atoms with Gasteiger partial charge in [-0.25, -0.2) is 9.78 Å². The van der Waals surface area contributed by atoms with E-state index in [-0.39, 0.29) is 5.97 Å². The summed E-state index contributed by atoms with van der Waals surface area (Å²) in [5, 5.41) is 4.11. The van der Waals surface area contributed by atoms with E-state index in [0.717, 1.165) is 11.5 Å². The molecule has 0 amide bonds. The van der Waals surface area contributed by atoms with Gasteiger partial charge in [0.05, 0.1) is 25.0 Å². The maximum atomic E-state index is 11.8. The van der Waals surface area contributed by atoms with Crippen LogP contribution in [0, 0.1) is 6.92 Å². The van der Waals surface area contributed by atoms with E-state index in [2.05, 4.69) is 10.1 Å². The van der Waals surface area contributed by atoms with Gasteiger partial charge in [-0.05, 0) is 13.8 Å². The summed E-state index contributed by atoms with van der Waals surface area (Å²) in [7, 11) is 1.81. The van der Waals surface area contributed by atoms with Gasteiger partial charge in [0.15, 0.2) is 0 Å². The van der Waals surface area contributed by atoms with Crippen molar-refractivity contribution in [2.75, 3.05) is 6.61 Å². The van der Waals surface area contributed by atoms with Gasteiger partial charge < -0.3 is 9.30 Å². The first-order valence-corrected chi connectivity index (χ1v) is 5.79. The van der Waals surface area contributed by atoms with E-state index in [1.165, 1.54) is 0 Å². The van der Waals surface area contributed by atoms with Crippen LogP contribution in [0.4, 0.5) is 0 Å². The molecule has 18 heavy (non-hydrogen) atoms. The third-order valence-electron chi connectivity index (χ3n) is 2.80. The molecule has 6 heteroatoms. The van der Waals surface area contributed by atoms with Crippen LogP contribution >= 0.6 is 0 Å². The van der Waals surface area contributed by atoms with Crippen molar-refractivity contribution in [3.63, 3.8) is 0 Å². The number of carbonyl (C=O) groups is 1. The number of hydrogen-bond donors (Lipinski definition) is 0. The molecule has 0 aromatic carbocycles. The molecule has 2 rings (SSSR count). The van der Waals surface area contributed by atoms with E-state index in [0.29, 0.717) is 18.7 Å². The van der Waals surface area contributed by atoms with Crippen LogP contribution in [0.15, 0.2) is 18.6 Å². The van der Waals surface area contributed by atoms with Crippen LogP contribution in [0.3, 0.4) is 0 Å². The average molecular weight is 248 g/mol. The molecule has 6 nitrogen and oxygen atoms in total. The molecule has 0 spiro atoms. The van der Waals surface area contributed by atoms with Crippen molar-refractivity contribution < 1.29 is 9.53 Å². The van der Waals surface area contributed by atoms with Gasteiger partial charge >= 0.3 is 5.97 Å². The van der Waals surface area contributed by atoms with Crippen LogP contribution in [0.2, 0.25) is 0 Å². The summed E-state index contributed by atoms with van der Waals surface area (Å²) in [5.74, 6) is 0.560. The van der Waals surface area contributed by atoms with E-state index in [4.69, 9.17) is 4.74 Å².